The van der Waals surface area contributed by atoms with Crippen LogP contribution in [0.4, 0.5) is 0 Å². The van der Waals surface area contributed by atoms with E-state index in [0.717, 1.165) is 5.56 Å². The smallest absolute Gasteiger partial charge is 0.0424 e. The van der Waals surface area contributed by atoms with Crippen molar-refractivity contribution in [2.24, 2.45) is 11.7 Å². The molecule has 1 aliphatic rings. The van der Waals surface area contributed by atoms with Gasteiger partial charge in [-0.2, -0.15) is 0 Å². The molecule has 1 nitrogen and oxygen atoms in total. The van der Waals surface area contributed by atoms with Crippen molar-refractivity contribution in [3.05, 3.63) is 33.8 Å². The van der Waals surface area contributed by atoms with E-state index in [1.54, 1.807) is 6.07 Å². The van der Waals surface area contributed by atoms with Crippen molar-refractivity contribution < 1.29 is 0 Å². The van der Waals surface area contributed by atoms with Crippen LogP contribution in [0.15, 0.2) is 18.2 Å². The first-order valence-corrected chi connectivity index (χ1v) is 6.14. The number of rotatable bonds is 2. The van der Waals surface area contributed by atoms with Gasteiger partial charge in [-0.1, -0.05) is 36.0 Å². The molecule has 0 radical (unpaired) electrons. The van der Waals surface area contributed by atoms with E-state index < -0.39 is 0 Å². The molecule has 0 aliphatic heterocycles. The molecule has 82 valence electrons. The van der Waals surface area contributed by atoms with Crippen LogP contribution in [0.1, 0.15) is 37.3 Å². The van der Waals surface area contributed by atoms with Crippen LogP contribution in [-0.4, -0.2) is 0 Å². The summed E-state index contributed by atoms with van der Waals surface area (Å²) in [5.74, 6) is 0.597. The highest BCUT2D eigenvalue weighted by molar-refractivity contribution is 6.34. The van der Waals surface area contributed by atoms with E-state index in [-0.39, 0.29) is 6.04 Å². The van der Waals surface area contributed by atoms with Crippen LogP contribution in [0.3, 0.4) is 0 Å². The highest BCUT2D eigenvalue weighted by atomic mass is 35.5. The molecule has 1 atom stereocenters. The van der Waals surface area contributed by atoms with Crippen molar-refractivity contribution in [3.8, 4) is 0 Å². The zero-order valence-corrected chi connectivity index (χ0v) is 10.1. The molecule has 0 heterocycles. The maximum atomic E-state index is 6.22. The summed E-state index contributed by atoms with van der Waals surface area (Å²) in [4.78, 5) is 0. The SMILES string of the molecule is N[C@@H](c1cc(Cl)cc(Cl)c1)C1CCCC1. The maximum absolute atomic E-state index is 6.22. The molecule has 15 heavy (non-hydrogen) atoms. The van der Waals surface area contributed by atoms with Crippen LogP contribution >= 0.6 is 23.2 Å². The van der Waals surface area contributed by atoms with Gasteiger partial charge in [0.25, 0.3) is 0 Å². The number of halogens is 2. The van der Waals surface area contributed by atoms with E-state index in [0.29, 0.717) is 16.0 Å². The first-order valence-electron chi connectivity index (χ1n) is 5.38. The quantitative estimate of drug-likeness (QED) is 0.829. The first kappa shape index (κ1) is 11.3. The van der Waals surface area contributed by atoms with Gasteiger partial charge in [-0.25, -0.2) is 0 Å². The average molecular weight is 244 g/mol. The molecule has 0 saturated heterocycles. The fraction of sp³-hybridized carbons (Fsp3) is 0.500. The van der Waals surface area contributed by atoms with Crippen molar-refractivity contribution in [1.82, 2.24) is 0 Å². The lowest BCUT2D eigenvalue weighted by atomic mass is 9.93. The topological polar surface area (TPSA) is 26.0 Å². The van der Waals surface area contributed by atoms with E-state index in [1.165, 1.54) is 25.7 Å². The molecule has 1 fully saturated rings. The van der Waals surface area contributed by atoms with Gasteiger partial charge < -0.3 is 5.73 Å². The van der Waals surface area contributed by atoms with Gasteiger partial charge in [0.05, 0.1) is 0 Å². The Kier molecular flexibility index (Phi) is 3.55. The van der Waals surface area contributed by atoms with Crippen molar-refractivity contribution in [3.63, 3.8) is 0 Å². The molecule has 1 aliphatic carbocycles. The molecular weight excluding hydrogens is 229 g/mol. The van der Waals surface area contributed by atoms with Crippen LogP contribution < -0.4 is 5.73 Å². The van der Waals surface area contributed by atoms with Gasteiger partial charge in [0, 0.05) is 16.1 Å². The summed E-state index contributed by atoms with van der Waals surface area (Å²) in [6.45, 7) is 0. The largest absolute Gasteiger partial charge is 0.324 e. The predicted molar refractivity (Wildman–Crippen MR) is 65.3 cm³/mol. The monoisotopic (exact) mass is 243 g/mol. The van der Waals surface area contributed by atoms with E-state index in [2.05, 4.69) is 0 Å². The number of hydrogen-bond donors (Lipinski definition) is 1. The summed E-state index contributed by atoms with van der Waals surface area (Å²) in [7, 11) is 0. The summed E-state index contributed by atoms with van der Waals surface area (Å²) >= 11 is 11.9. The fourth-order valence-corrected chi connectivity index (χ4v) is 2.90. The zero-order chi connectivity index (χ0) is 10.8. The second-order valence-electron chi connectivity index (χ2n) is 4.27. The van der Waals surface area contributed by atoms with Gasteiger partial charge in [0.1, 0.15) is 0 Å². The minimum atomic E-state index is 0.0868. The lowest BCUT2D eigenvalue weighted by molar-refractivity contribution is 0.445. The third kappa shape index (κ3) is 2.66. The second-order valence-corrected chi connectivity index (χ2v) is 5.15. The minimum absolute atomic E-state index is 0.0868. The molecule has 0 unspecified atom stereocenters. The van der Waals surface area contributed by atoms with E-state index >= 15 is 0 Å². The van der Waals surface area contributed by atoms with E-state index in [1.807, 2.05) is 12.1 Å². The number of benzene rings is 1. The Morgan fingerprint density at radius 1 is 1.07 bits per heavy atom. The summed E-state index contributed by atoms with van der Waals surface area (Å²) in [5.41, 5.74) is 7.29. The fourth-order valence-electron chi connectivity index (χ4n) is 2.36. The molecule has 2 N–H and O–H groups in total. The van der Waals surface area contributed by atoms with Gasteiger partial charge in [0.15, 0.2) is 0 Å². The Labute approximate surface area is 101 Å². The zero-order valence-electron chi connectivity index (χ0n) is 8.55. The van der Waals surface area contributed by atoms with Gasteiger partial charge in [-0.05, 0) is 42.5 Å². The standard InChI is InChI=1S/C12H15Cl2N/c13-10-5-9(6-11(14)7-10)12(15)8-3-1-2-4-8/h5-8,12H,1-4,15H2/t12-/m1/s1. The van der Waals surface area contributed by atoms with Crippen molar-refractivity contribution in [2.45, 2.75) is 31.7 Å². The Hall–Kier alpha value is -0.240. The second kappa shape index (κ2) is 4.73. The van der Waals surface area contributed by atoms with Crippen LogP contribution in [0.5, 0.6) is 0 Å². The molecule has 1 aromatic carbocycles. The normalized spacial score (nSPS) is 19.4. The van der Waals surface area contributed by atoms with Crippen LogP contribution in [-0.2, 0) is 0 Å². The molecule has 2 rings (SSSR count). The Bertz CT molecular complexity index is 325. The summed E-state index contributed by atoms with van der Waals surface area (Å²) in [6, 6.07) is 5.68. The Morgan fingerprint density at radius 2 is 1.60 bits per heavy atom. The summed E-state index contributed by atoms with van der Waals surface area (Å²) in [6.07, 6.45) is 5.05. The minimum Gasteiger partial charge on any atom is -0.324 e. The van der Waals surface area contributed by atoms with Gasteiger partial charge in [-0.3, -0.25) is 0 Å². The molecule has 0 amide bonds. The number of nitrogens with two attached hydrogens (primary N) is 1. The molecule has 1 saturated carbocycles. The van der Waals surface area contributed by atoms with Gasteiger partial charge in [-0.15, -0.1) is 0 Å². The third-order valence-electron chi connectivity index (χ3n) is 3.18. The summed E-state index contributed by atoms with van der Waals surface area (Å²) in [5, 5.41) is 1.34. The Balaban J connectivity index is 2.20. The summed E-state index contributed by atoms with van der Waals surface area (Å²) < 4.78 is 0. The maximum Gasteiger partial charge on any atom is 0.0424 e. The van der Waals surface area contributed by atoms with Crippen LogP contribution in [0.2, 0.25) is 10.0 Å². The molecule has 0 bridgehead atoms. The van der Waals surface area contributed by atoms with Gasteiger partial charge in [0.2, 0.25) is 0 Å². The van der Waals surface area contributed by atoms with Crippen molar-refractivity contribution in [1.29, 1.82) is 0 Å². The number of hydrogen-bond acceptors (Lipinski definition) is 1. The Morgan fingerprint density at radius 3 is 2.13 bits per heavy atom. The average Bonchev–Trinajstić information content (AvgIpc) is 2.67. The lowest BCUT2D eigenvalue weighted by Crippen LogP contribution is -2.19. The highest BCUT2D eigenvalue weighted by Gasteiger charge is 2.23. The predicted octanol–water partition coefficient (Wildman–Crippen LogP) is 4.18. The first-order chi connectivity index (χ1) is 7.16. The third-order valence-corrected chi connectivity index (χ3v) is 3.61. The van der Waals surface area contributed by atoms with Crippen LogP contribution in [0.25, 0.3) is 0 Å². The highest BCUT2D eigenvalue weighted by Crippen LogP contribution is 2.35. The molecule has 1 aromatic rings. The van der Waals surface area contributed by atoms with E-state index in [9.17, 15) is 0 Å². The van der Waals surface area contributed by atoms with Crippen LogP contribution in [0, 0.1) is 5.92 Å². The van der Waals surface area contributed by atoms with Crippen molar-refractivity contribution >= 4 is 23.2 Å². The van der Waals surface area contributed by atoms with E-state index in [4.69, 9.17) is 28.9 Å². The molecule has 0 aromatic heterocycles. The van der Waals surface area contributed by atoms with Gasteiger partial charge >= 0.3 is 0 Å². The van der Waals surface area contributed by atoms with Crippen molar-refractivity contribution in [2.75, 3.05) is 0 Å². The molecule has 3 heteroatoms. The molecule has 0 spiro atoms. The lowest BCUT2D eigenvalue weighted by Gasteiger charge is -2.19. The molecular formula is C12H15Cl2N.